The van der Waals surface area contributed by atoms with Crippen molar-refractivity contribution >= 4 is 35.0 Å². The molecule has 0 aromatic heterocycles. The van der Waals surface area contributed by atoms with Gasteiger partial charge < -0.3 is 5.32 Å². The fraction of sp³-hybridized carbons (Fsp3) is 0.571. The minimum atomic E-state index is 0.461. The molecular formula is C14H21Cl2NS. The molecule has 0 amide bonds. The lowest BCUT2D eigenvalue weighted by atomic mass is 10.1. The van der Waals surface area contributed by atoms with Crippen molar-refractivity contribution in [3.05, 3.63) is 33.8 Å². The van der Waals surface area contributed by atoms with Crippen LogP contribution in [0.5, 0.6) is 0 Å². The summed E-state index contributed by atoms with van der Waals surface area (Å²) in [7, 11) is 0. The van der Waals surface area contributed by atoms with Gasteiger partial charge in [-0.25, -0.2) is 0 Å². The zero-order valence-corrected chi connectivity index (χ0v) is 13.3. The van der Waals surface area contributed by atoms with Crippen LogP contribution in [0.15, 0.2) is 18.2 Å². The van der Waals surface area contributed by atoms with Crippen molar-refractivity contribution in [1.82, 2.24) is 5.32 Å². The highest BCUT2D eigenvalue weighted by molar-refractivity contribution is 7.99. The van der Waals surface area contributed by atoms with Gasteiger partial charge in [0.2, 0.25) is 0 Å². The van der Waals surface area contributed by atoms with E-state index in [1.807, 2.05) is 23.9 Å². The van der Waals surface area contributed by atoms with Crippen molar-refractivity contribution in [2.75, 3.05) is 18.1 Å². The monoisotopic (exact) mass is 305 g/mol. The molecule has 102 valence electrons. The Labute approximate surface area is 125 Å². The Kier molecular flexibility index (Phi) is 8.16. The number of nitrogens with one attached hydrogen (secondary N) is 1. The van der Waals surface area contributed by atoms with E-state index in [1.54, 1.807) is 0 Å². The molecule has 1 unspecified atom stereocenters. The summed E-state index contributed by atoms with van der Waals surface area (Å²) in [6, 6.07) is 6.32. The van der Waals surface area contributed by atoms with Gasteiger partial charge in [-0.2, -0.15) is 11.8 Å². The van der Waals surface area contributed by atoms with E-state index >= 15 is 0 Å². The molecule has 1 N–H and O–H groups in total. The average molecular weight is 306 g/mol. The lowest BCUT2D eigenvalue weighted by molar-refractivity contribution is 0.572. The van der Waals surface area contributed by atoms with Crippen LogP contribution in [-0.4, -0.2) is 24.1 Å². The molecule has 0 spiro atoms. The Morgan fingerprint density at radius 2 is 2.06 bits per heavy atom. The molecule has 0 radical (unpaired) electrons. The molecule has 1 atom stereocenters. The summed E-state index contributed by atoms with van der Waals surface area (Å²) < 4.78 is 0. The molecule has 18 heavy (non-hydrogen) atoms. The maximum Gasteiger partial charge on any atom is 0.0624 e. The van der Waals surface area contributed by atoms with Crippen LogP contribution >= 0.6 is 35.0 Å². The van der Waals surface area contributed by atoms with Gasteiger partial charge in [0.1, 0.15) is 0 Å². The number of hydrogen-bond acceptors (Lipinski definition) is 2. The van der Waals surface area contributed by atoms with Gasteiger partial charge in [-0.3, -0.25) is 0 Å². The fourth-order valence-corrected chi connectivity index (χ4v) is 3.19. The van der Waals surface area contributed by atoms with Crippen molar-refractivity contribution in [3.63, 3.8) is 0 Å². The topological polar surface area (TPSA) is 12.0 Å². The lowest BCUT2D eigenvalue weighted by Gasteiger charge is -2.18. The molecule has 4 heteroatoms. The maximum absolute atomic E-state index is 6.23. The number of likely N-dealkylation sites (N-methyl/N-ethyl adjacent to an activating group) is 1. The van der Waals surface area contributed by atoms with Crippen LogP contribution in [0.25, 0.3) is 0 Å². The van der Waals surface area contributed by atoms with Crippen LogP contribution in [0.2, 0.25) is 10.0 Å². The second-order valence-electron chi connectivity index (χ2n) is 4.25. The summed E-state index contributed by atoms with van der Waals surface area (Å²) in [4.78, 5) is 0. The number of benzene rings is 1. The number of hydrogen-bond donors (Lipinski definition) is 1. The first-order valence-corrected chi connectivity index (χ1v) is 8.34. The van der Waals surface area contributed by atoms with Crippen molar-refractivity contribution in [2.45, 2.75) is 32.7 Å². The zero-order valence-electron chi connectivity index (χ0n) is 11.0. The predicted octanol–water partition coefficient (Wildman–Crippen LogP) is 4.66. The molecule has 0 saturated heterocycles. The second-order valence-corrected chi connectivity index (χ2v) is 6.18. The van der Waals surface area contributed by atoms with Crippen LogP contribution in [0.4, 0.5) is 0 Å². The molecule has 1 nitrogen and oxygen atoms in total. The van der Waals surface area contributed by atoms with E-state index in [4.69, 9.17) is 23.2 Å². The summed E-state index contributed by atoms with van der Waals surface area (Å²) in [5.41, 5.74) is 1.13. The Hall–Kier alpha value is 0.110. The normalized spacial score (nSPS) is 12.7. The highest BCUT2D eigenvalue weighted by Gasteiger charge is 2.12. The van der Waals surface area contributed by atoms with Crippen LogP contribution in [-0.2, 0) is 6.42 Å². The van der Waals surface area contributed by atoms with E-state index in [0.29, 0.717) is 16.1 Å². The Morgan fingerprint density at radius 3 is 2.72 bits per heavy atom. The quantitative estimate of drug-likeness (QED) is 0.701. The predicted molar refractivity (Wildman–Crippen MR) is 85.2 cm³/mol. The Morgan fingerprint density at radius 1 is 1.28 bits per heavy atom. The minimum Gasteiger partial charge on any atom is -0.313 e. The molecule has 0 aliphatic carbocycles. The van der Waals surface area contributed by atoms with Gasteiger partial charge in [0.05, 0.1) is 10.0 Å². The number of halogens is 2. The van der Waals surface area contributed by atoms with Gasteiger partial charge in [0.15, 0.2) is 0 Å². The van der Waals surface area contributed by atoms with Gasteiger partial charge in [0.25, 0.3) is 0 Å². The Bertz CT molecular complexity index is 358. The number of rotatable bonds is 8. The molecule has 1 aromatic carbocycles. The molecule has 0 heterocycles. The molecule has 0 aliphatic rings. The van der Waals surface area contributed by atoms with E-state index < -0.39 is 0 Å². The van der Waals surface area contributed by atoms with Crippen LogP contribution in [0.1, 0.15) is 25.8 Å². The van der Waals surface area contributed by atoms with Gasteiger partial charge in [0, 0.05) is 11.8 Å². The lowest BCUT2D eigenvalue weighted by Crippen LogP contribution is -2.33. The Balaban J connectivity index is 2.61. The molecule has 0 fully saturated rings. The highest BCUT2D eigenvalue weighted by atomic mass is 35.5. The van der Waals surface area contributed by atoms with Gasteiger partial charge in [-0.05, 0) is 36.8 Å². The summed E-state index contributed by atoms with van der Waals surface area (Å²) in [5, 5.41) is 4.86. The van der Waals surface area contributed by atoms with Crippen LogP contribution in [0, 0.1) is 0 Å². The SMILES string of the molecule is CCCSCC(Cc1cccc(Cl)c1Cl)NCC. The van der Waals surface area contributed by atoms with Crippen molar-refractivity contribution in [1.29, 1.82) is 0 Å². The van der Waals surface area contributed by atoms with E-state index in [1.165, 1.54) is 12.2 Å². The van der Waals surface area contributed by atoms with Crippen LogP contribution < -0.4 is 5.32 Å². The fourth-order valence-electron chi connectivity index (χ4n) is 1.82. The first-order chi connectivity index (χ1) is 8.69. The molecule has 0 aliphatic heterocycles. The summed E-state index contributed by atoms with van der Waals surface area (Å²) in [6.45, 7) is 5.33. The van der Waals surface area contributed by atoms with Gasteiger partial charge in [-0.1, -0.05) is 49.2 Å². The van der Waals surface area contributed by atoms with E-state index in [9.17, 15) is 0 Å². The first kappa shape index (κ1) is 16.2. The van der Waals surface area contributed by atoms with E-state index in [2.05, 4.69) is 25.2 Å². The molecular weight excluding hydrogens is 285 g/mol. The molecule has 1 rings (SSSR count). The van der Waals surface area contributed by atoms with E-state index in [0.717, 1.165) is 24.3 Å². The maximum atomic E-state index is 6.23. The molecule has 1 aromatic rings. The second kappa shape index (κ2) is 9.08. The molecule has 0 saturated carbocycles. The van der Waals surface area contributed by atoms with Crippen LogP contribution in [0.3, 0.4) is 0 Å². The third-order valence-electron chi connectivity index (χ3n) is 2.66. The minimum absolute atomic E-state index is 0.461. The van der Waals surface area contributed by atoms with Gasteiger partial charge in [-0.15, -0.1) is 0 Å². The van der Waals surface area contributed by atoms with Crippen molar-refractivity contribution < 1.29 is 0 Å². The summed E-state index contributed by atoms with van der Waals surface area (Å²) in [6.07, 6.45) is 2.16. The third kappa shape index (κ3) is 5.40. The average Bonchev–Trinajstić information content (AvgIpc) is 2.35. The third-order valence-corrected chi connectivity index (χ3v) is 4.85. The first-order valence-electron chi connectivity index (χ1n) is 6.43. The highest BCUT2D eigenvalue weighted by Crippen LogP contribution is 2.26. The van der Waals surface area contributed by atoms with Crippen molar-refractivity contribution in [2.24, 2.45) is 0 Å². The largest absolute Gasteiger partial charge is 0.313 e. The molecule has 0 bridgehead atoms. The standard InChI is InChI=1S/C14H21Cl2NS/c1-3-8-18-10-12(17-4-2)9-11-6-5-7-13(15)14(11)16/h5-7,12,17H,3-4,8-10H2,1-2H3. The smallest absolute Gasteiger partial charge is 0.0624 e. The summed E-state index contributed by atoms with van der Waals surface area (Å²) in [5.74, 6) is 2.33. The summed E-state index contributed by atoms with van der Waals surface area (Å²) >= 11 is 14.3. The number of thioether (sulfide) groups is 1. The van der Waals surface area contributed by atoms with Crippen molar-refractivity contribution in [3.8, 4) is 0 Å². The van der Waals surface area contributed by atoms with E-state index in [-0.39, 0.29) is 0 Å². The van der Waals surface area contributed by atoms with Gasteiger partial charge >= 0.3 is 0 Å². The zero-order chi connectivity index (χ0) is 13.4.